The highest BCUT2D eigenvalue weighted by atomic mass is 127. The third-order valence-electron chi connectivity index (χ3n) is 0.976. The van der Waals surface area contributed by atoms with E-state index in [2.05, 4.69) is 3.21 Å². The SMILES string of the molecule is CC(C)(C)CC(=O)SC(N)=NI. The molecule has 0 heterocycles. The molecule has 0 spiro atoms. The third kappa shape index (κ3) is 6.90. The van der Waals surface area contributed by atoms with E-state index in [0.29, 0.717) is 11.6 Å². The first-order chi connectivity index (χ1) is 5.35. The monoisotopic (exact) mass is 300 g/mol. The van der Waals surface area contributed by atoms with Gasteiger partial charge in [0.2, 0.25) is 0 Å². The molecule has 5 heteroatoms. The van der Waals surface area contributed by atoms with E-state index in [0.717, 1.165) is 11.8 Å². The van der Waals surface area contributed by atoms with Crippen LogP contribution in [0.25, 0.3) is 0 Å². The highest BCUT2D eigenvalue weighted by Crippen LogP contribution is 2.22. The van der Waals surface area contributed by atoms with Gasteiger partial charge in [-0.25, -0.2) is 0 Å². The normalized spacial score (nSPS) is 13.2. The van der Waals surface area contributed by atoms with Crippen LogP contribution in [0.15, 0.2) is 3.21 Å². The van der Waals surface area contributed by atoms with E-state index in [-0.39, 0.29) is 10.5 Å². The molecule has 0 aliphatic heterocycles. The van der Waals surface area contributed by atoms with Crippen LogP contribution in [0, 0.1) is 5.41 Å². The van der Waals surface area contributed by atoms with Gasteiger partial charge in [-0.2, -0.15) is 3.21 Å². The fourth-order valence-corrected chi connectivity index (χ4v) is 1.67. The Balaban J connectivity index is 3.92. The summed E-state index contributed by atoms with van der Waals surface area (Å²) in [6.07, 6.45) is 0.518. The number of halogens is 1. The largest absolute Gasteiger partial charge is 0.378 e. The number of carbonyl (C=O) groups is 1. The van der Waals surface area contributed by atoms with E-state index in [1.165, 1.54) is 0 Å². The summed E-state index contributed by atoms with van der Waals surface area (Å²) in [6, 6.07) is 0. The standard InChI is InChI=1S/C7H13IN2OS/c1-7(2,3)4-5(11)12-6(9)10-8/h4H2,1-3H3,(H2,9,10). The second-order valence-corrected chi connectivity index (χ2v) is 5.19. The Labute approximate surface area is 91.1 Å². The van der Waals surface area contributed by atoms with Crippen LogP contribution in [-0.4, -0.2) is 10.3 Å². The molecular formula is C7H13IN2OS. The van der Waals surface area contributed by atoms with Crippen LogP contribution in [0.5, 0.6) is 0 Å². The van der Waals surface area contributed by atoms with Crippen molar-refractivity contribution >= 4 is 44.9 Å². The summed E-state index contributed by atoms with van der Waals surface area (Å²) < 4.78 is 3.67. The van der Waals surface area contributed by atoms with E-state index in [1.54, 1.807) is 22.9 Å². The maximum Gasteiger partial charge on any atom is 0.197 e. The van der Waals surface area contributed by atoms with Crippen LogP contribution >= 0.6 is 34.6 Å². The Kier molecular flexibility index (Phi) is 5.15. The number of nitrogens with two attached hydrogens (primary N) is 1. The molecule has 12 heavy (non-hydrogen) atoms. The van der Waals surface area contributed by atoms with Crippen molar-refractivity contribution in [3.63, 3.8) is 0 Å². The van der Waals surface area contributed by atoms with Gasteiger partial charge in [0.05, 0.1) is 22.9 Å². The number of nitrogens with zero attached hydrogens (tertiary/aromatic N) is 1. The van der Waals surface area contributed by atoms with Gasteiger partial charge in [-0.3, -0.25) is 4.79 Å². The second-order valence-electron chi connectivity index (χ2n) is 3.63. The molecule has 0 fully saturated rings. The van der Waals surface area contributed by atoms with Gasteiger partial charge in [-0.15, -0.1) is 0 Å². The minimum atomic E-state index is 0.0234. The molecule has 0 saturated carbocycles. The minimum Gasteiger partial charge on any atom is -0.378 e. The maximum atomic E-state index is 11.2. The Morgan fingerprint density at radius 3 is 2.42 bits per heavy atom. The lowest BCUT2D eigenvalue weighted by atomic mass is 9.93. The minimum absolute atomic E-state index is 0.0234. The summed E-state index contributed by atoms with van der Waals surface area (Å²) in [5.41, 5.74) is 5.40. The van der Waals surface area contributed by atoms with Crippen molar-refractivity contribution < 1.29 is 4.79 Å². The number of hydrogen-bond acceptors (Lipinski definition) is 3. The summed E-state index contributed by atoms with van der Waals surface area (Å²) in [5, 5.41) is 0.394. The first-order valence-corrected chi connectivity index (χ1v) is 5.28. The van der Waals surface area contributed by atoms with Crippen LogP contribution in [0.4, 0.5) is 0 Å². The summed E-state index contributed by atoms with van der Waals surface area (Å²) in [6.45, 7) is 6.05. The van der Waals surface area contributed by atoms with Crippen molar-refractivity contribution in [1.82, 2.24) is 0 Å². The average Bonchev–Trinajstić information content (AvgIpc) is 1.82. The molecule has 0 rings (SSSR count). The Bertz CT molecular complexity index is 198. The zero-order valence-corrected chi connectivity index (χ0v) is 10.4. The molecule has 0 aliphatic carbocycles. The molecule has 70 valence electrons. The smallest absolute Gasteiger partial charge is 0.197 e. The van der Waals surface area contributed by atoms with Crippen LogP contribution in [-0.2, 0) is 4.79 Å². The average molecular weight is 300 g/mol. The molecule has 2 N–H and O–H groups in total. The predicted molar refractivity (Wildman–Crippen MR) is 62.3 cm³/mol. The molecule has 0 aromatic heterocycles. The van der Waals surface area contributed by atoms with Crippen LogP contribution in [0.2, 0.25) is 0 Å². The zero-order valence-electron chi connectivity index (χ0n) is 7.43. The Morgan fingerprint density at radius 2 is 2.08 bits per heavy atom. The van der Waals surface area contributed by atoms with Crippen molar-refractivity contribution in [2.45, 2.75) is 27.2 Å². The summed E-state index contributed by atoms with van der Waals surface area (Å²) in [7, 11) is 0. The summed E-state index contributed by atoms with van der Waals surface area (Å²) in [4.78, 5) is 11.2. The van der Waals surface area contributed by atoms with E-state index in [9.17, 15) is 4.79 Å². The number of amidine groups is 1. The molecule has 0 amide bonds. The number of thioether (sulfide) groups is 1. The van der Waals surface area contributed by atoms with Crippen LogP contribution in [0.3, 0.4) is 0 Å². The van der Waals surface area contributed by atoms with Gasteiger partial charge in [-0.1, -0.05) is 20.8 Å². The van der Waals surface area contributed by atoms with Gasteiger partial charge >= 0.3 is 0 Å². The molecule has 0 bridgehead atoms. The molecule has 0 aromatic rings. The van der Waals surface area contributed by atoms with Crippen molar-refractivity contribution in [2.24, 2.45) is 14.4 Å². The third-order valence-corrected chi connectivity index (χ3v) is 2.50. The number of hydrogen-bond donors (Lipinski definition) is 1. The van der Waals surface area contributed by atoms with E-state index in [4.69, 9.17) is 5.73 Å². The van der Waals surface area contributed by atoms with Crippen molar-refractivity contribution in [2.75, 3.05) is 0 Å². The van der Waals surface area contributed by atoms with Crippen molar-refractivity contribution in [1.29, 1.82) is 0 Å². The molecule has 3 nitrogen and oxygen atoms in total. The van der Waals surface area contributed by atoms with Gasteiger partial charge in [0.15, 0.2) is 10.3 Å². The lowest BCUT2D eigenvalue weighted by molar-refractivity contribution is -0.112. The molecule has 0 atom stereocenters. The van der Waals surface area contributed by atoms with E-state index >= 15 is 0 Å². The van der Waals surface area contributed by atoms with E-state index < -0.39 is 0 Å². The van der Waals surface area contributed by atoms with Crippen LogP contribution in [0.1, 0.15) is 27.2 Å². The van der Waals surface area contributed by atoms with E-state index in [1.807, 2.05) is 20.8 Å². The van der Waals surface area contributed by atoms with Crippen molar-refractivity contribution in [3.05, 3.63) is 0 Å². The summed E-state index contributed by atoms with van der Waals surface area (Å²) in [5.74, 6) is 0. The second kappa shape index (κ2) is 5.06. The van der Waals surface area contributed by atoms with Gasteiger partial charge in [0, 0.05) is 6.42 Å². The molecule has 0 radical (unpaired) electrons. The van der Waals surface area contributed by atoms with Gasteiger partial charge in [-0.05, 0) is 17.2 Å². The first kappa shape index (κ1) is 12.2. The maximum absolute atomic E-state index is 11.2. The lowest BCUT2D eigenvalue weighted by Crippen LogP contribution is -2.14. The molecule has 0 aliphatic rings. The highest BCUT2D eigenvalue weighted by Gasteiger charge is 2.17. The Morgan fingerprint density at radius 1 is 1.58 bits per heavy atom. The van der Waals surface area contributed by atoms with Crippen molar-refractivity contribution in [3.8, 4) is 0 Å². The van der Waals surface area contributed by atoms with Gasteiger partial charge in [0.1, 0.15) is 0 Å². The fourth-order valence-electron chi connectivity index (χ4n) is 0.603. The Hall–Kier alpha value is 0.220. The quantitative estimate of drug-likeness (QED) is 0.459. The molecule has 0 aromatic carbocycles. The number of carbonyl (C=O) groups excluding carboxylic acids is 1. The summed E-state index contributed by atoms with van der Waals surface area (Å²) >= 11 is 2.78. The zero-order chi connectivity index (χ0) is 9.78. The number of rotatable bonds is 1. The van der Waals surface area contributed by atoms with Gasteiger partial charge < -0.3 is 5.73 Å². The topological polar surface area (TPSA) is 55.5 Å². The predicted octanol–water partition coefficient (Wildman–Crippen LogP) is 2.35. The fraction of sp³-hybridized carbons (Fsp3) is 0.714. The lowest BCUT2D eigenvalue weighted by Gasteiger charge is -2.15. The molecular weight excluding hydrogens is 287 g/mol. The highest BCUT2D eigenvalue weighted by molar-refractivity contribution is 14.1. The molecule has 0 unspecified atom stereocenters. The van der Waals surface area contributed by atoms with Gasteiger partial charge in [0.25, 0.3) is 0 Å². The van der Waals surface area contributed by atoms with Crippen LogP contribution < -0.4 is 5.73 Å². The molecule has 0 saturated heterocycles. The first-order valence-electron chi connectivity index (χ1n) is 3.50.